The fourth-order valence-electron chi connectivity index (χ4n) is 3.82. The lowest BCUT2D eigenvalue weighted by Gasteiger charge is -2.49. The third-order valence-electron chi connectivity index (χ3n) is 5.43. The van der Waals surface area contributed by atoms with Gasteiger partial charge in [-0.3, -0.25) is 4.90 Å². The molecule has 2 fully saturated rings. The van der Waals surface area contributed by atoms with Gasteiger partial charge in [0, 0.05) is 31.8 Å². The van der Waals surface area contributed by atoms with Crippen LogP contribution < -0.4 is 5.32 Å². The van der Waals surface area contributed by atoms with Gasteiger partial charge in [0.15, 0.2) is 0 Å². The van der Waals surface area contributed by atoms with Crippen LogP contribution in [-0.4, -0.2) is 43.3 Å². The monoisotopic (exact) mass is 288 g/mol. The summed E-state index contributed by atoms with van der Waals surface area (Å²) in [6.07, 6.45) is 1.21. The van der Waals surface area contributed by atoms with Crippen LogP contribution in [0.3, 0.4) is 0 Å². The molecule has 3 heteroatoms. The molecule has 0 aliphatic carbocycles. The van der Waals surface area contributed by atoms with E-state index in [1.54, 1.807) is 0 Å². The second kappa shape index (κ2) is 6.07. The van der Waals surface area contributed by atoms with Crippen molar-refractivity contribution in [3.05, 3.63) is 35.9 Å². The molecule has 0 amide bonds. The van der Waals surface area contributed by atoms with Gasteiger partial charge in [-0.1, -0.05) is 30.3 Å². The normalized spacial score (nSPS) is 35.8. The van der Waals surface area contributed by atoms with E-state index in [9.17, 15) is 0 Å². The van der Waals surface area contributed by atoms with Gasteiger partial charge in [0.1, 0.15) is 0 Å². The SMILES string of the molecule is CC1CNC(C)(c2ccccc2)CN1C(C)C1CCOC1. The number of nitrogens with zero attached hydrogens (tertiary/aromatic N) is 1. The summed E-state index contributed by atoms with van der Waals surface area (Å²) < 4.78 is 5.60. The molecule has 1 aromatic carbocycles. The largest absolute Gasteiger partial charge is 0.381 e. The van der Waals surface area contributed by atoms with E-state index in [0.29, 0.717) is 18.0 Å². The highest BCUT2D eigenvalue weighted by atomic mass is 16.5. The maximum absolute atomic E-state index is 5.60. The molecule has 4 unspecified atom stereocenters. The van der Waals surface area contributed by atoms with E-state index in [1.807, 2.05) is 0 Å². The van der Waals surface area contributed by atoms with Crippen molar-refractivity contribution in [1.29, 1.82) is 0 Å². The van der Waals surface area contributed by atoms with Crippen LogP contribution in [-0.2, 0) is 10.3 Å². The second-order valence-electron chi connectivity index (χ2n) is 6.96. The highest BCUT2D eigenvalue weighted by Crippen LogP contribution is 2.30. The molecule has 2 saturated heterocycles. The number of piperazine rings is 1. The standard InChI is InChI=1S/C18H28N2O/c1-14-11-19-18(3,17-7-5-4-6-8-17)13-20(14)15(2)16-9-10-21-12-16/h4-8,14-16,19H,9-13H2,1-3H3. The second-order valence-corrected chi connectivity index (χ2v) is 6.96. The lowest BCUT2D eigenvalue weighted by atomic mass is 9.86. The minimum atomic E-state index is 0.0431. The van der Waals surface area contributed by atoms with E-state index in [1.165, 1.54) is 12.0 Å². The third kappa shape index (κ3) is 3.01. The van der Waals surface area contributed by atoms with Gasteiger partial charge in [0.2, 0.25) is 0 Å². The lowest BCUT2D eigenvalue weighted by Crippen LogP contribution is -2.63. The summed E-state index contributed by atoms with van der Waals surface area (Å²) in [5.74, 6) is 0.686. The van der Waals surface area contributed by atoms with Gasteiger partial charge in [-0.25, -0.2) is 0 Å². The minimum Gasteiger partial charge on any atom is -0.381 e. The van der Waals surface area contributed by atoms with Crippen molar-refractivity contribution >= 4 is 0 Å². The number of nitrogens with one attached hydrogen (secondary N) is 1. The van der Waals surface area contributed by atoms with Crippen molar-refractivity contribution in [2.75, 3.05) is 26.3 Å². The summed E-state index contributed by atoms with van der Waals surface area (Å²) >= 11 is 0. The van der Waals surface area contributed by atoms with Crippen LogP contribution in [0.5, 0.6) is 0 Å². The van der Waals surface area contributed by atoms with Crippen LogP contribution in [0.15, 0.2) is 30.3 Å². The van der Waals surface area contributed by atoms with Crippen molar-refractivity contribution in [2.24, 2.45) is 5.92 Å². The van der Waals surface area contributed by atoms with Gasteiger partial charge in [0.25, 0.3) is 0 Å². The van der Waals surface area contributed by atoms with E-state index < -0.39 is 0 Å². The third-order valence-corrected chi connectivity index (χ3v) is 5.43. The van der Waals surface area contributed by atoms with E-state index in [0.717, 1.165) is 26.3 Å². The number of hydrogen-bond acceptors (Lipinski definition) is 3. The molecule has 0 bridgehead atoms. The maximum Gasteiger partial charge on any atom is 0.0535 e. The molecule has 3 rings (SSSR count). The van der Waals surface area contributed by atoms with Crippen LogP contribution in [0.25, 0.3) is 0 Å². The lowest BCUT2D eigenvalue weighted by molar-refractivity contribution is 0.0334. The fraction of sp³-hybridized carbons (Fsp3) is 0.667. The summed E-state index contributed by atoms with van der Waals surface area (Å²) in [5.41, 5.74) is 1.43. The minimum absolute atomic E-state index is 0.0431. The number of ether oxygens (including phenoxy) is 1. The van der Waals surface area contributed by atoms with Crippen LogP contribution >= 0.6 is 0 Å². The Labute approximate surface area is 128 Å². The summed E-state index contributed by atoms with van der Waals surface area (Å²) in [4.78, 5) is 2.68. The Hall–Kier alpha value is -0.900. The first-order valence-electron chi connectivity index (χ1n) is 8.24. The number of hydrogen-bond donors (Lipinski definition) is 1. The van der Waals surface area contributed by atoms with E-state index in [2.05, 4.69) is 61.3 Å². The van der Waals surface area contributed by atoms with Gasteiger partial charge < -0.3 is 10.1 Å². The molecule has 116 valence electrons. The molecule has 2 aliphatic rings. The van der Waals surface area contributed by atoms with Crippen LogP contribution in [0.4, 0.5) is 0 Å². The first-order chi connectivity index (χ1) is 10.1. The Morgan fingerprint density at radius 2 is 2.10 bits per heavy atom. The molecule has 2 aliphatic heterocycles. The fourth-order valence-corrected chi connectivity index (χ4v) is 3.82. The van der Waals surface area contributed by atoms with Crippen LogP contribution in [0, 0.1) is 5.92 Å². The Bertz CT molecular complexity index is 458. The van der Waals surface area contributed by atoms with Crippen LogP contribution in [0.1, 0.15) is 32.8 Å². The molecule has 4 atom stereocenters. The molecular formula is C18H28N2O. The Morgan fingerprint density at radius 3 is 2.76 bits per heavy atom. The van der Waals surface area contributed by atoms with Gasteiger partial charge >= 0.3 is 0 Å². The van der Waals surface area contributed by atoms with Crippen molar-refractivity contribution in [2.45, 2.75) is 44.8 Å². The highest BCUT2D eigenvalue weighted by Gasteiger charge is 2.39. The molecule has 0 saturated carbocycles. The smallest absolute Gasteiger partial charge is 0.0535 e. The zero-order valence-electron chi connectivity index (χ0n) is 13.5. The molecule has 0 radical (unpaired) electrons. The van der Waals surface area contributed by atoms with Crippen molar-refractivity contribution < 1.29 is 4.74 Å². The molecule has 1 N–H and O–H groups in total. The first kappa shape index (κ1) is 15.0. The predicted molar refractivity (Wildman–Crippen MR) is 86.4 cm³/mol. The van der Waals surface area contributed by atoms with E-state index in [-0.39, 0.29) is 5.54 Å². The first-order valence-corrected chi connectivity index (χ1v) is 8.24. The van der Waals surface area contributed by atoms with Crippen molar-refractivity contribution in [3.8, 4) is 0 Å². The molecule has 3 nitrogen and oxygen atoms in total. The molecule has 0 aromatic heterocycles. The van der Waals surface area contributed by atoms with Crippen molar-refractivity contribution in [3.63, 3.8) is 0 Å². The average Bonchev–Trinajstić information content (AvgIpc) is 3.04. The van der Waals surface area contributed by atoms with E-state index >= 15 is 0 Å². The average molecular weight is 288 g/mol. The van der Waals surface area contributed by atoms with Gasteiger partial charge in [-0.2, -0.15) is 0 Å². The topological polar surface area (TPSA) is 24.5 Å². The van der Waals surface area contributed by atoms with Gasteiger partial charge in [0.05, 0.1) is 12.1 Å². The molecule has 1 aromatic rings. The van der Waals surface area contributed by atoms with Gasteiger partial charge in [-0.15, -0.1) is 0 Å². The van der Waals surface area contributed by atoms with Gasteiger partial charge in [-0.05, 0) is 38.7 Å². The van der Waals surface area contributed by atoms with E-state index in [4.69, 9.17) is 4.74 Å². The number of benzene rings is 1. The summed E-state index contributed by atoms with van der Waals surface area (Å²) in [6.45, 7) is 11.0. The summed E-state index contributed by atoms with van der Waals surface area (Å²) in [5, 5.41) is 3.76. The Balaban J connectivity index is 1.78. The maximum atomic E-state index is 5.60. The number of rotatable bonds is 3. The molecule has 0 spiro atoms. The Morgan fingerprint density at radius 1 is 1.33 bits per heavy atom. The summed E-state index contributed by atoms with van der Waals surface area (Å²) in [7, 11) is 0. The quantitative estimate of drug-likeness (QED) is 0.925. The molecule has 21 heavy (non-hydrogen) atoms. The van der Waals surface area contributed by atoms with Crippen molar-refractivity contribution in [1.82, 2.24) is 10.2 Å². The zero-order valence-corrected chi connectivity index (χ0v) is 13.5. The molecular weight excluding hydrogens is 260 g/mol. The zero-order chi connectivity index (χ0) is 14.9. The molecule has 2 heterocycles. The predicted octanol–water partition coefficient (Wildman–Crippen LogP) is 2.62. The Kier molecular flexibility index (Phi) is 4.34. The highest BCUT2D eigenvalue weighted by molar-refractivity contribution is 5.25. The summed E-state index contributed by atoms with van der Waals surface area (Å²) in [6, 6.07) is 12.0. The van der Waals surface area contributed by atoms with Crippen LogP contribution in [0.2, 0.25) is 0 Å².